The SMILES string of the molecule is O=C(c1ccc(N2CCOCC2)nn1)N1CCC2(CC1)OCCO2. The number of amides is 1. The molecule has 0 N–H and O–H groups in total. The number of piperidine rings is 1. The van der Waals surface area contributed by atoms with Crippen LogP contribution in [0.5, 0.6) is 0 Å². The fourth-order valence-electron chi connectivity index (χ4n) is 3.40. The zero-order chi connectivity index (χ0) is 16.4. The molecule has 0 aromatic carbocycles. The molecule has 1 aromatic rings. The molecular formula is C16H22N4O4. The molecule has 0 atom stereocenters. The van der Waals surface area contributed by atoms with E-state index in [0.717, 1.165) is 18.9 Å². The van der Waals surface area contributed by atoms with E-state index in [1.165, 1.54) is 0 Å². The Kier molecular flexibility index (Phi) is 4.34. The van der Waals surface area contributed by atoms with Gasteiger partial charge >= 0.3 is 0 Å². The fraction of sp³-hybridized carbons (Fsp3) is 0.688. The molecule has 3 aliphatic rings. The minimum Gasteiger partial charge on any atom is -0.378 e. The van der Waals surface area contributed by atoms with Crippen molar-refractivity contribution in [2.24, 2.45) is 0 Å². The first-order valence-corrected chi connectivity index (χ1v) is 8.49. The molecule has 1 aromatic heterocycles. The number of rotatable bonds is 2. The van der Waals surface area contributed by atoms with Crippen LogP contribution in [0.1, 0.15) is 23.3 Å². The van der Waals surface area contributed by atoms with Crippen molar-refractivity contribution in [2.75, 3.05) is 57.5 Å². The number of ether oxygens (including phenoxy) is 3. The number of nitrogens with zero attached hydrogens (tertiary/aromatic N) is 4. The lowest BCUT2D eigenvalue weighted by Gasteiger charge is -2.37. The van der Waals surface area contributed by atoms with Crippen LogP contribution in [0.4, 0.5) is 5.82 Å². The monoisotopic (exact) mass is 334 g/mol. The Morgan fingerprint density at radius 1 is 0.958 bits per heavy atom. The Morgan fingerprint density at radius 2 is 1.67 bits per heavy atom. The first-order chi connectivity index (χ1) is 11.8. The van der Waals surface area contributed by atoms with E-state index in [-0.39, 0.29) is 5.91 Å². The molecule has 0 aliphatic carbocycles. The molecule has 3 fully saturated rings. The smallest absolute Gasteiger partial charge is 0.274 e. The molecular weight excluding hydrogens is 312 g/mol. The normalized spacial score (nSPS) is 23.7. The maximum Gasteiger partial charge on any atom is 0.274 e. The predicted octanol–water partition coefficient (Wildman–Crippen LogP) is 0.292. The van der Waals surface area contributed by atoms with Crippen molar-refractivity contribution in [3.05, 3.63) is 17.8 Å². The molecule has 1 spiro atoms. The molecule has 0 bridgehead atoms. The first kappa shape index (κ1) is 15.7. The molecule has 0 radical (unpaired) electrons. The van der Waals surface area contributed by atoms with E-state index in [4.69, 9.17) is 14.2 Å². The zero-order valence-corrected chi connectivity index (χ0v) is 13.6. The van der Waals surface area contributed by atoms with Crippen LogP contribution in [0.3, 0.4) is 0 Å². The summed E-state index contributed by atoms with van der Waals surface area (Å²) in [7, 11) is 0. The summed E-state index contributed by atoms with van der Waals surface area (Å²) < 4.78 is 16.7. The molecule has 130 valence electrons. The van der Waals surface area contributed by atoms with E-state index in [0.29, 0.717) is 58.1 Å². The van der Waals surface area contributed by atoms with E-state index < -0.39 is 5.79 Å². The minimum atomic E-state index is -0.470. The highest BCUT2D eigenvalue weighted by Gasteiger charge is 2.41. The molecule has 8 heteroatoms. The van der Waals surface area contributed by atoms with Crippen molar-refractivity contribution in [3.8, 4) is 0 Å². The highest BCUT2D eigenvalue weighted by molar-refractivity contribution is 5.92. The summed E-state index contributed by atoms with van der Waals surface area (Å²) in [5, 5.41) is 8.34. The van der Waals surface area contributed by atoms with E-state index in [2.05, 4.69) is 15.1 Å². The minimum absolute atomic E-state index is 0.0797. The van der Waals surface area contributed by atoms with Crippen molar-refractivity contribution < 1.29 is 19.0 Å². The third-order valence-electron chi connectivity index (χ3n) is 4.83. The number of aromatic nitrogens is 2. The second-order valence-electron chi connectivity index (χ2n) is 6.28. The molecule has 4 heterocycles. The molecule has 3 aliphatic heterocycles. The van der Waals surface area contributed by atoms with Crippen LogP contribution < -0.4 is 4.90 Å². The number of likely N-dealkylation sites (tertiary alicyclic amines) is 1. The molecule has 8 nitrogen and oxygen atoms in total. The van der Waals surface area contributed by atoms with Crippen LogP contribution in [0.2, 0.25) is 0 Å². The lowest BCUT2D eigenvalue weighted by molar-refractivity contribution is -0.181. The second-order valence-corrected chi connectivity index (χ2v) is 6.28. The number of morpholine rings is 1. The number of carbonyl (C=O) groups is 1. The Morgan fingerprint density at radius 3 is 2.29 bits per heavy atom. The Balaban J connectivity index is 1.37. The van der Waals surface area contributed by atoms with Gasteiger partial charge in [0.05, 0.1) is 26.4 Å². The van der Waals surface area contributed by atoms with Gasteiger partial charge in [-0.2, -0.15) is 0 Å². The summed E-state index contributed by atoms with van der Waals surface area (Å²) in [6, 6.07) is 3.62. The lowest BCUT2D eigenvalue weighted by Crippen LogP contribution is -2.47. The van der Waals surface area contributed by atoms with Crippen molar-refractivity contribution in [3.63, 3.8) is 0 Å². The average molecular weight is 334 g/mol. The number of carbonyl (C=O) groups excluding carboxylic acids is 1. The van der Waals surface area contributed by atoms with Crippen LogP contribution in [-0.4, -0.2) is 79.4 Å². The number of hydrogen-bond acceptors (Lipinski definition) is 7. The predicted molar refractivity (Wildman–Crippen MR) is 84.8 cm³/mol. The van der Waals surface area contributed by atoms with Gasteiger partial charge in [-0.05, 0) is 12.1 Å². The Hall–Kier alpha value is -1.77. The van der Waals surface area contributed by atoms with Crippen LogP contribution >= 0.6 is 0 Å². The molecule has 24 heavy (non-hydrogen) atoms. The summed E-state index contributed by atoms with van der Waals surface area (Å²) in [6.07, 6.45) is 1.41. The molecule has 3 saturated heterocycles. The van der Waals surface area contributed by atoms with Gasteiger partial charge in [-0.15, -0.1) is 10.2 Å². The van der Waals surface area contributed by atoms with Crippen molar-refractivity contribution in [1.82, 2.24) is 15.1 Å². The van der Waals surface area contributed by atoms with Crippen molar-refractivity contribution >= 4 is 11.7 Å². The van der Waals surface area contributed by atoms with Gasteiger partial charge < -0.3 is 24.0 Å². The standard InChI is InChI=1S/C16H22N4O4/c21-15(20-5-3-16(4-6-20)23-11-12-24-16)13-1-2-14(18-17-13)19-7-9-22-10-8-19/h1-2H,3-12H2. The summed E-state index contributed by atoms with van der Waals surface area (Å²) in [5.74, 6) is 0.243. The van der Waals surface area contributed by atoms with Gasteiger partial charge in [-0.1, -0.05) is 0 Å². The molecule has 4 rings (SSSR count). The first-order valence-electron chi connectivity index (χ1n) is 8.49. The van der Waals surface area contributed by atoms with Gasteiger partial charge in [0.15, 0.2) is 17.3 Å². The van der Waals surface area contributed by atoms with Gasteiger partial charge in [0.1, 0.15) is 0 Å². The summed E-state index contributed by atoms with van der Waals surface area (Å²) >= 11 is 0. The van der Waals surface area contributed by atoms with Crippen LogP contribution in [0, 0.1) is 0 Å². The third kappa shape index (κ3) is 3.09. The van der Waals surface area contributed by atoms with Gasteiger partial charge in [0.2, 0.25) is 0 Å². The fourth-order valence-corrected chi connectivity index (χ4v) is 3.40. The second kappa shape index (κ2) is 6.62. The molecule has 0 unspecified atom stereocenters. The highest BCUT2D eigenvalue weighted by atomic mass is 16.7. The topological polar surface area (TPSA) is 77.0 Å². The number of anilines is 1. The Bertz CT molecular complexity index is 572. The van der Waals surface area contributed by atoms with E-state index in [1.807, 2.05) is 6.07 Å². The average Bonchev–Trinajstić information content (AvgIpc) is 3.11. The van der Waals surface area contributed by atoms with Crippen LogP contribution in [0.25, 0.3) is 0 Å². The van der Waals surface area contributed by atoms with Crippen LogP contribution in [-0.2, 0) is 14.2 Å². The van der Waals surface area contributed by atoms with E-state index in [1.54, 1.807) is 11.0 Å². The quantitative estimate of drug-likeness (QED) is 0.769. The van der Waals surface area contributed by atoms with E-state index in [9.17, 15) is 4.79 Å². The maximum absolute atomic E-state index is 12.6. The molecule has 1 amide bonds. The van der Waals surface area contributed by atoms with Gasteiger partial charge in [-0.25, -0.2) is 0 Å². The largest absolute Gasteiger partial charge is 0.378 e. The van der Waals surface area contributed by atoms with Gasteiger partial charge in [-0.3, -0.25) is 4.79 Å². The maximum atomic E-state index is 12.6. The summed E-state index contributed by atoms with van der Waals surface area (Å²) in [5.41, 5.74) is 0.385. The van der Waals surface area contributed by atoms with Gasteiger partial charge in [0, 0.05) is 39.0 Å². The van der Waals surface area contributed by atoms with Crippen molar-refractivity contribution in [1.29, 1.82) is 0 Å². The van der Waals surface area contributed by atoms with Crippen LogP contribution in [0.15, 0.2) is 12.1 Å². The third-order valence-corrected chi connectivity index (χ3v) is 4.83. The summed E-state index contributed by atoms with van der Waals surface area (Å²) in [4.78, 5) is 16.5. The van der Waals surface area contributed by atoms with Gasteiger partial charge in [0.25, 0.3) is 5.91 Å². The zero-order valence-electron chi connectivity index (χ0n) is 13.6. The Labute approximate surface area is 140 Å². The van der Waals surface area contributed by atoms with E-state index >= 15 is 0 Å². The number of hydrogen-bond donors (Lipinski definition) is 0. The highest BCUT2D eigenvalue weighted by Crippen LogP contribution is 2.31. The lowest BCUT2D eigenvalue weighted by atomic mass is 10.0. The summed E-state index contributed by atoms with van der Waals surface area (Å²) in [6.45, 7) is 5.51. The molecule has 0 saturated carbocycles. The van der Waals surface area contributed by atoms with Crippen molar-refractivity contribution in [2.45, 2.75) is 18.6 Å².